The summed E-state index contributed by atoms with van der Waals surface area (Å²) in [5.74, 6) is -3.29. The summed E-state index contributed by atoms with van der Waals surface area (Å²) in [5.41, 5.74) is 5.37. The molecular weight excluding hydrogens is 436 g/mol. The minimum absolute atomic E-state index is 0.0542. The molecule has 13 nitrogen and oxygen atoms in total. The fourth-order valence-corrected chi connectivity index (χ4v) is 3.42. The molecule has 33 heavy (non-hydrogen) atoms. The van der Waals surface area contributed by atoms with E-state index in [0.717, 1.165) is 4.90 Å². The Morgan fingerprint density at radius 2 is 1.85 bits per heavy atom. The Morgan fingerprint density at radius 1 is 1.18 bits per heavy atom. The van der Waals surface area contributed by atoms with Crippen LogP contribution in [0.25, 0.3) is 0 Å². The highest BCUT2D eigenvalue weighted by atomic mass is 16.3. The lowest BCUT2D eigenvalue weighted by molar-refractivity contribution is -0.146. The summed E-state index contributed by atoms with van der Waals surface area (Å²) < 4.78 is 0. The maximum absolute atomic E-state index is 13.0. The molecule has 5 amide bonds. The third kappa shape index (κ3) is 8.59. The Kier molecular flexibility index (Phi) is 11.7. The Bertz CT molecular complexity index is 717. The number of aliphatic hydroxyl groups excluding tert-OH is 2. The summed E-state index contributed by atoms with van der Waals surface area (Å²) in [6.07, 6.45) is 0.0870. The molecule has 0 aromatic carbocycles. The van der Waals surface area contributed by atoms with E-state index in [2.05, 4.69) is 21.3 Å². The van der Waals surface area contributed by atoms with Crippen molar-refractivity contribution in [3.8, 4) is 0 Å². The van der Waals surface area contributed by atoms with Gasteiger partial charge in [0.05, 0.1) is 18.8 Å². The zero-order chi connectivity index (χ0) is 25.1. The fraction of sp³-hybridized carbons (Fsp3) is 0.750. The van der Waals surface area contributed by atoms with Crippen LogP contribution in [0.2, 0.25) is 0 Å². The van der Waals surface area contributed by atoms with Gasteiger partial charge in [-0.15, -0.1) is 0 Å². The molecule has 0 aromatic rings. The summed E-state index contributed by atoms with van der Waals surface area (Å²) >= 11 is 0. The Balaban J connectivity index is 3.19. The van der Waals surface area contributed by atoms with Gasteiger partial charge in [0.2, 0.25) is 29.5 Å². The highest BCUT2D eigenvalue weighted by Crippen LogP contribution is 2.08. The van der Waals surface area contributed by atoms with Gasteiger partial charge in [0.25, 0.3) is 0 Å². The van der Waals surface area contributed by atoms with Crippen LogP contribution in [-0.4, -0.2) is 102 Å². The summed E-state index contributed by atoms with van der Waals surface area (Å²) in [6, 6.07) is -4.63. The van der Waals surface area contributed by atoms with Crippen molar-refractivity contribution in [1.82, 2.24) is 26.2 Å². The van der Waals surface area contributed by atoms with Crippen molar-refractivity contribution in [3.63, 3.8) is 0 Å². The molecule has 0 spiro atoms. The summed E-state index contributed by atoms with van der Waals surface area (Å²) in [4.78, 5) is 63.1. The van der Waals surface area contributed by atoms with Gasteiger partial charge in [-0.25, -0.2) is 0 Å². The highest BCUT2D eigenvalue weighted by molar-refractivity contribution is 5.95. The van der Waals surface area contributed by atoms with Crippen molar-refractivity contribution >= 4 is 29.5 Å². The quantitative estimate of drug-likeness (QED) is 0.216. The molecular formula is C20H36N6O7. The molecule has 0 bridgehead atoms. The molecule has 1 rings (SSSR count). The van der Waals surface area contributed by atoms with Crippen molar-refractivity contribution < 1.29 is 34.2 Å². The fourth-order valence-electron chi connectivity index (χ4n) is 3.42. The van der Waals surface area contributed by atoms with E-state index >= 15 is 0 Å². The molecule has 1 fully saturated rings. The normalized spacial score (nSPS) is 28.1. The number of aliphatic hydroxyl groups is 2. The summed E-state index contributed by atoms with van der Waals surface area (Å²) in [6.45, 7) is 0.877. The lowest BCUT2D eigenvalue weighted by Crippen LogP contribution is -2.61. The largest absolute Gasteiger partial charge is 0.394 e. The second kappa shape index (κ2) is 13.7. The van der Waals surface area contributed by atoms with Crippen LogP contribution in [0.1, 0.15) is 39.0 Å². The molecule has 8 N–H and O–H groups in total. The lowest BCUT2D eigenvalue weighted by atomic mass is 10.1. The second-order valence-corrected chi connectivity index (χ2v) is 8.06. The van der Waals surface area contributed by atoms with Crippen LogP contribution in [0, 0.1) is 0 Å². The van der Waals surface area contributed by atoms with Gasteiger partial charge in [-0.05, 0) is 39.7 Å². The van der Waals surface area contributed by atoms with Gasteiger partial charge in [0.1, 0.15) is 18.1 Å². The van der Waals surface area contributed by atoms with Gasteiger partial charge >= 0.3 is 0 Å². The first-order chi connectivity index (χ1) is 15.5. The van der Waals surface area contributed by atoms with E-state index in [0.29, 0.717) is 19.4 Å². The van der Waals surface area contributed by atoms with Crippen LogP contribution in [0.15, 0.2) is 0 Å². The molecule has 13 heteroatoms. The Hall–Kier alpha value is -2.77. The molecule has 5 unspecified atom stereocenters. The average Bonchev–Trinajstić information content (AvgIpc) is 2.75. The van der Waals surface area contributed by atoms with E-state index in [-0.39, 0.29) is 25.2 Å². The standard InChI is InChI=1S/C20H36N6O7/c1-11(28)16-20(33)26(3)14(10-27)19(32)24-12(17(21)30)6-4-5-9-23-15(29)8-7-13(22-2)18(31)25-16/h11-14,16,22,27-28H,4-10H2,1-3H3,(H2,21,30)(H,23,29)(H,24,32)(H,25,31). The number of hydrogen-bond donors (Lipinski definition) is 7. The molecule has 0 aromatic heterocycles. The van der Waals surface area contributed by atoms with Crippen LogP contribution >= 0.6 is 0 Å². The monoisotopic (exact) mass is 472 g/mol. The first-order valence-corrected chi connectivity index (χ1v) is 10.9. The van der Waals surface area contributed by atoms with Gasteiger partial charge in [-0.3, -0.25) is 24.0 Å². The number of carbonyl (C=O) groups excluding carboxylic acids is 5. The molecule has 1 aliphatic rings. The van der Waals surface area contributed by atoms with E-state index in [1.54, 1.807) is 0 Å². The van der Waals surface area contributed by atoms with Crippen molar-refractivity contribution in [2.24, 2.45) is 5.73 Å². The number of primary amides is 1. The number of hydrogen-bond acceptors (Lipinski definition) is 8. The van der Waals surface area contributed by atoms with Crippen molar-refractivity contribution in [1.29, 1.82) is 0 Å². The molecule has 5 atom stereocenters. The van der Waals surface area contributed by atoms with Gasteiger partial charge in [-0.2, -0.15) is 0 Å². The smallest absolute Gasteiger partial charge is 0.248 e. The van der Waals surface area contributed by atoms with Crippen molar-refractivity contribution in [2.75, 3.05) is 27.2 Å². The van der Waals surface area contributed by atoms with Crippen LogP contribution in [0.3, 0.4) is 0 Å². The number of nitrogens with two attached hydrogens (primary N) is 1. The van der Waals surface area contributed by atoms with Gasteiger partial charge < -0.3 is 42.1 Å². The van der Waals surface area contributed by atoms with E-state index in [9.17, 15) is 34.2 Å². The van der Waals surface area contributed by atoms with E-state index in [1.165, 1.54) is 21.0 Å². The van der Waals surface area contributed by atoms with Gasteiger partial charge in [0, 0.05) is 20.0 Å². The second-order valence-electron chi connectivity index (χ2n) is 8.06. The third-order valence-electron chi connectivity index (χ3n) is 5.56. The van der Waals surface area contributed by atoms with E-state index in [4.69, 9.17) is 5.73 Å². The molecule has 0 saturated carbocycles. The van der Waals surface area contributed by atoms with Crippen LogP contribution in [0.5, 0.6) is 0 Å². The van der Waals surface area contributed by atoms with E-state index < -0.39 is 60.5 Å². The summed E-state index contributed by atoms with van der Waals surface area (Å²) in [5, 5.41) is 30.2. The number of rotatable bonds is 4. The lowest BCUT2D eigenvalue weighted by Gasteiger charge is -2.32. The first-order valence-electron chi connectivity index (χ1n) is 10.9. The highest BCUT2D eigenvalue weighted by Gasteiger charge is 2.36. The number of carbonyl (C=O) groups is 5. The molecule has 0 radical (unpaired) electrons. The maximum Gasteiger partial charge on any atom is 0.248 e. The Labute approximate surface area is 192 Å². The Morgan fingerprint density at radius 3 is 2.39 bits per heavy atom. The first kappa shape index (κ1) is 28.3. The number of nitrogens with one attached hydrogen (secondary N) is 4. The zero-order valence-electron chi connectivity index (χ0n) is 19.3. The van der Waals surface area contributed by atoms with Crippen molar-refractivity contribution in [2.45, 2.75) is 69.3 Å². The van der Waals surface area contributed by atoms with Gasteiger partial charge in [0.15, 0.2) is 0 Å². The molecule has 0 aliphatic carbocycles. The molecule has 188 valence electrons. The minimum atomic E-state index is -1.42. The zero-order valence-corrected chi connectivity index (χ0v) is 19.3. The average molecular weight is 473 g/mol. The molecule has 1 saturated heterocycles. The minimum Gasteiger partial charge on any atom is -0.394 e. The number of amides is 5. The third-order valence-corrected chi connectivity index (χ3v) is 5.56. The van der Waals surface area contributed by atoms with Crippen LogP contribution < -0.4 is 27.0 Å². The molecule has 1 aliphatic heterocycles. The summed E-state index contributed by atoms with van der Waals surface area (Å²) in [7, 11) is 2.77. The predicted octanol–water partition coefficient (Wildman–Crippen LogP) is -3.69. The number of nitrogens with zero attached hydrogens (tertiary/aromatic N) is 1. The molecule has 1 heterocycles. The van der Waals surface area contributed by atoms with Crippen molar-refractivity contribution in [3.05, 3.63) is 0 Å². The maximum atomic E-state index is 13.0. The van der Waals surface area contributed by atoms with Crippen LogP contribution in [-0.2, 0) is 24.0 Å². The predicted molar refractivity (Wildman–Crippen MR) is 117 cm³/mol. The van der Waals surface area contributed by atoms with E-state index in [1.807, 2.05) is 0 Å². The topological polar surface area (TPSA) is 203 Å². The SMILES string of the molecule is CNC1CCC(=O)NCCCCC(C(N)=O)NC(=O)C(CO)N(C)C(=O)C(C(C)O)NC1=O. The van der Waals surface area contributed by atoms with Crippen LogP contribution in [0.4, 0.5) is 0 Å². The number of likely N-dealkylation sites (N-methyl/N-ethyl adjacent to an activating group) is 2. The van der Waals surface area contributed by atoms with Gasteiger partial charge in [-0.1, -0.05) is 0 Å².